The van der Waals surface area contributed by atoms with Gasteiger partial charge in [-0.05, 0) is 18.1 Å². The fourth-order valence-electron chi connectivity index (χ4n) is 2.56. The van der Waals surface area contributed by atoms with Crippen LogP contribution < -0.4 is 16.4 Å². The Balaban J connectivity index is 2.79. The Bertz CT molecular complexity index is 428. The van der Waals surface area contributed by atoms with Crippen LogP contribution in [0.25, 0.3) is 0 Å². The van der Waals surface area contributed by atoms with Gasteiger partial charge in [-0.25, -0.2) is 4.79 Å². The second-order valence-corrected chi connectivity index (χ2v) is 12.9. The van der Waals surface area contributed by atoms with Crippen molar-refractivity contribution in [3.8, 4) is 0 Å². The van der Waals surface area contributed by atoms with E-state index in [0.29, 0.717) is 19.8 Å². The molecule has 2 unspecified atom stereocenters. The quantitative estimate of drug-likeness (QED) is 0.451. The largest absolute Gasteiger partial charge is 0.409 e. The van der Waals surface area contributed by atoms with Crippen LogP contribution in [0.15, 0.2) is 0 Å². The number of carbonyl (C=O) groups is 1. The van der Waals surface area contributed by atoms with Crippen LogP contribution in [-0.4, -0.2) is 59.6 Å². The summed E-state index contributed by atoms with van der Waals surface area (Å²) in [6, 6.07) is -0.584. The molecule has 0 aliphatic carbocycles. The third-order valence-corrected chi connectivity index (χ3v) is 9.65. The van der Waals surface area contributed by atoms with Gasteiger partial charge in [0.2, 0.25) is 0 Å². The Morgan fingerprint density at radius 3 is 2.46 bits per heavy atom. The molecule has 4 N–H and O–H groups in total. The number of ether oxygens (including phenoxy) is 2. The topological polar surface area (TPSA) is 94.8 Å². The molecule has 3 atom stereocenters. The summed E-state index contributed by atoms with van der Waals surface area (Å²) in [6.45, 7) is 15.1. The Morgan fingerprint density at radius 2 is 2.04 bits per heavy atom. The Kier molecular flexibility index (Phi) is 7.25. The van der Waals surface area contributed by atoms with E-state index in [1.54, 1.807) is 7.11 Å². The van der Waals surface area contributed by atoms with Crippen molar-refractivity contribution in [1.82, 2.24) is 10.6 Å². The van der Waals surface area contributed by atoms with E-state index in [9.17, 15) is 4.79 Å². The number of amides is 2. The first-order valence-electron chi connectivity index (χ1n) is 8.52. The summed E-state index contributed by atoms with van der Waals surface area (Å²) in [5, 5.41) is 6.10. The molecule has 1 fully saturated rings. The summed E-state index contributed by atoms with van der Waals surface area (Å²) >= 11 is 0. The average Bonchev–Trinajstić information content (AvgIpc) is 2.75. The predicted molar refractivity (Wildman–Crippen MR) is 97.4 cm³/mol. The maximum absolute atomic E-state index is 11.4. The van der Waals surface area contributed by atoms with Crippen LogP contribution in [0.1, 0.15) is 27.7 Å². The number of primary amides is 1. The van der Waals surface area contributed by atoms with Crippen LogP contribution in [0, 0.1) is 5.92 Å². The first-order valence-corrected chi connectivity index (χ1v) is 11.4. The molecule has 0 bridgehead atoms. The zero-order valence-electron chi connectivity index (χ0n) is 16.2. The van der Waals surface area contributed by atoms with Crippen molar-refractivity contribution in [2.24, 2.45) is 11.7 Å². The molecule has 0 aromatic rings. The third kappa shape index (κ3) is 5.42. The summed E-state index contributed by atoms with van der Waals surface area (Å²) in [7, 11) is -0.291. The summed E-state index contributed by atoms with van der Waals surface area (Å²) in [6.07, 6.45) is -0.185. The van der Waals surface area contributed by atoms with Crippen molar-refractivity contribution in [2.75, 3.05) is 33.4 Å². The van der Waals surface area contributed by atoms with Gasteiger partial charge in [0.1, 0.15) is 0 Å². The zero-order valence-corrected chi connectivity index (χ0v) is 17.2. The molecule has 8 heteroatoms. The minimum Gasteiger partial charge on any atom is -0.409 e. The third-order valence-electron chi connectivity index (χ3n) is 5.12. The van der Waals surface area contributed by atoms with Crippen molar-refractivity contribution in [3.05, 3.63) is 0 Å². The predicted octanol–water partition coefficient (Wildman–Crippen LogP) is 1.64. The van der Waals surface area contributed by atoms with E-state index >= 15 is 0 Å². The number of urea groups is 1. The maximum Gasteiger partial charge on any atom is 0.314 e. The monoisotopic (exact) mass is 361 g/mol. The molecule has 7 nitrogen and oxygen atoms in total. The molecule has 2 amide bonds. The number of hydrogen-bond donors (Lipinski definition) is 3. The minimum atomic E-state index is -1.94. The van der Waals surface area contributed by atoms with Gasteiger partial charge >= 0.3 is 6.03 Å². The number of nitrogens with one attached hydrogen (secondary N) is 2. The van der Waals surface area contributed by atoms with Crippen molar-refractivity contribution in [1.29, 1.82) is 0 Å². The highest BCUT2D eigenvalue weighted by Crippen LogP contribution is 2.37. The van der Waals surface area contributed by atoms with E-state index in [0.717, 1.165) is 6.54 Å². The summed E-state index contributed by atoms with van der Waals surface area (Å²) in [5.74, 6) is 0.112. The van der Waals surface area contributed by atoms with Gasteiger partial charge < -0.3 is 30.3 Å². The van der Waals surface area contributed by atoms with Crippen LogP contribution >= 0.6 is 0 Å². The molecule has 1 aliphatic rings. The molecule has 1 saturated heterocycles. The van der Waals surface area contributed by atoms with Gasteiger partial charge in [-0.1, -0.05) is 27.7 Å². The van der Waals surface area contributed by atoms with Crippen molar-refractivity contribution in [2.45, 2.75) is 57.7 Å². The van der Waals surface area contributed by atoms with Crippen molar-refractivity contribution >= 4 is 14.3 Å². The van der Waals surface area contributed by atoms with E-state index in [4.69, 9.17) is 19.6 Å². The standard InChI is InChI=1S/C16H35N3O4Si/c1-12-8-18-11-16(12,19-14(17)20)22-10-13(9-21-5)23-24(6,7)15(2,3)4/h12-13,18H,8-11H2,1-7H3,(H3,17,19,20)/t12?,13-,16?/m1/s1. The second kappa shape index (κ2) is 8.14. The molecule has 0 radical (unpaired) electrons. The van der Waals surface area contributed by atoms with Gasteiger partial charge in [-0.3, -0.25) is 0 Å². The number of hydrogen-bond acceptors (Lipinski definition) is 5. The highest BCUT2D eigenvalue weighted by molar-refractivity contribution is 6.74. The highest BCUT2D eigenvalue weighted by Gasteiger charge is 2.44. The molecular weight excluding hydrogens is 326 g/mol. The lowest BCUT2D eigenvalue weighted by atomic mass is 10.0. The molecule has 1 heterocycles. The molecule has 0 aromatic carbocycles. The number of carbonyl (C=O) groups excluding carboxylic acids is 1. The van der Waals surface area contributed by atoms with Crippen LogP contribution in [-0.2, 0) is 13.9 Å². The number of methoxy groups -OCH3 is 1. The van der Waals surface area contributed by atoms with Gasteiger partial charge in [-0.15, -0.1) is 0 Å². The molecule has 1 rings (SSSR count). The minimum absolute atomic E-state index is 0.102. The Hall–Kier alpha value is -0.673. The Labute approximate surface area is 147 Å². The van der Waals surface area contributed by atoms with Crippen LogP contribution in [0.2, 0.25) is 18.1 Å². The van der Waals surface area contributed by atoms with E-state index in [1.807, 2.05) is 6.92 Å². The second-order valence-electron chi connectivity index (χ2n) is 8.18. The molecule has 24 heavy (non-hydrogen) atoms. The van der Waals surface area contributed by atoms with E-state index in [1.165, 1.54) is 0 Å². The molecule has 0 spiro atoms. The van der Waals surface area contributed by atoms with E-state index < -0.39 is 20.1 Å². The molecule has 0 aromatic heterocycles. The fraction of sp³-hybridized carbons (Fsp3) is 0.938. The molecule has 1 aliphatic heterocycles. The van der Waals surface area contributed by atoms with Crippen molar-refractivity contribution < 1.29 is 18.7 Å². The SMILES string of the molecule is COC[C@H](COC1(NC(N)=O)CNCC1C)O[Si](C)(C)C(C)(C)C. The fourth-order valence-corrected chi connectivity index (χ4v) is 3.88. The zero-order chi connectivity index (χ0) is 18.6. The normalized spacial score (nSPS) is 26.4. The number of nitrogens with two attached hydrogens (primary N) is 1. The van der Waals surface area contributed by atoms with E-state index in [-0.39, 0.29) is 17.1 Å². The van der Waals surface area contributed by atoms with Gasteiger partial charge in [-0.2, -0.15) is 0 Å². The summed E-state index contributed by atoms with van der Waals surface area (Å²) < 4.78 is 17.9. The lowest BCUT2D eigenvalue weighted by Gasteiger charge is -2.40. The molecular formula is C16H35N3O4Si. The average molecular weight is 362 g/mol. The maximum atomic E-state index is 11.4. The van der Waals surface area contributed by atoms with Crippen molar-refractivity contribution in [3.63, 3.8) is 0 Å². The van der Waals surface area contributed by atoms with E-state index in [2.05, 4.69) is 44.5 Å². The molecule has 142 valence electrons. The van der Waals surface area contributed by atoms with Gasteiger partial charge in [0.05, 0.1) is 19.3 Å². The first-order chi connectivity index (χ1) is 10.9. The number of rotatable bonds is 8. The smallest absolute Gasteiger partial charge is 0.314 e. The first kappa shape index (κ1) is 21.4. The summed E-state index contributed by atoms with van der Waals surface area (Å²) in [5.41, 5.74) is 4.54. The van der Waals surface area contributed by atoms with Crippen LogP contribution in [0.4, 0.5) is 4.79 Å². The highest BCUT2D eigenvalue weighted by atomic mass is 28.4. The lowest BCUT2D eigenvalue weighted by molar-refractivity contribution is -0.107. The molecule has 0 saturated carbocycles. The summed E-state index contributed by atoms with van der Waals surface area (Å²) in [4.78, 5) is 11.4. The Morgan fingerprint density at radius 1 is 1.42 bits per heavy atom. The lowest BCUT2D eigenvalue weighted by Crippen LogP contribution is -2.58. The van der Waals surface area contributed by atoms with Crippen LogP contribution in [0.5, 0.6) is 0 Å². The van der Waals surface area contributed by atoms with Crippen LogP contribution in [0.3, 0.4) is 0 Å². The van der Waals surface area contributed by atoms with Gasteiger partial charge in [0, 0.05) is 26.1 Å². The van der Waals surface area contributed by atoms with Gasteiger partial charge in [0.25, 0.3) is 0 Å². The van der Waals surface area contributed by atoms with Gasteiger partial charge in [0.15, 0.2) is 14.0 Å².